The minimum atomic E-state index is -0.253. The molecule has 2 amide bonds. The van der Waals surface area contributed by atoms with Crippen LogP contribution in [0.3, 0.4) is 0 Å². The fraction of sp³-hybridized carbons (Fsp3) is 0.667. The van der Waals surface area contributed by atoms with Gasteiger partial charge >= 0.3 is 0 Å². The molecular weight excluding hydrogens is 376 g/mol. The van der Waals surface area contributed by atoms with E-state index in [2.05, 4.69) is 76.7 Å². The molecular formula is C24H38N4O2. The van der Waals surface area contributed by atoms with Crippen LogP contribution in [0.5, 0.6) is 0 Å². The molecule has 2 heterocycles. The van der Waals surface area contributed by atoms with Gasteiger partial charge in [-0.3, -0.25) is 9.59 Å². The molecule has 30 heavy (non-hydrogen) atoms. The zero-order valence-corrected chi connectivity index (χ0v) is 19.7. The number of hydrogen-bond acceptors (Lipinski definition) is 4. The Bertz CT molecular complexity index is 755. The summed E-state index contributed by atoms with van der Waals surface area (Å²) >= 11 is 0. The van der Waals surface area contributed by atoms with Gasteiger partial charge in [-0.25, -0.2) is 0 Å². The zero-order chi connectivity index (χ0) is 22.5. The summed E-state index contributed by atoms with van der Waals surface area (Å²) in [5.74, 6) is -0.161. The van der Waals surface area contributed by atoms with Crippen LogP contribution in [-0.4, -0.2) is 34.0 Å². The number of hydrogen-bond donors (Lipinski definition) is 4. The summed E-state index contributed by atoms with van der Waals surface area (Å²) in [6.07, 6.45) is 1.59. The van der Waals surface area contributed by atoms with Crippen LogP contribution in [0.25, 0.3) is 0 Å². The van der Waals surface area contributed by atoms with Gasteiger partial charge in [-0.05, 0) is 92.5 Å². The van der Waals surface area contributed by atoms with Crippen LogP contribution < -0.4 is 21.3 Å². The van der Waals surface area contributed by atoms with Crippen LogP contribution >= 0.6 is 0 Å². The highest BCUT2D eigenvalue weighted by molar-refractivity contribution is 5.96. The van der Waals surface area contributed by atoms with Crippen LogP contribution in [0.15, 0.2) is 24.3 Å². The van der Waals surface area contributed by atoms with Crippen molar-refractivity contribution in [3.05, 3.63) is 24.3 Å². The van der Waals surface area contributed by atoms with Crippen LogP contribution in [-0.2, 0) is 9.59 Å². The maximum atomic E-state index is 12.9. The lowest BCUT2D eigenvalue weighted by atomic mass is 9.86. The maximum Gasteiger partial charge on any atom is 0.229 e. The van der Waals surface area contributed by atoms with Crippen molar-refractivity contribution in [2.75, 3.05) is 10.6 Å². The molecule has 2 unspecified atom stereocenters. The van der Waals surface area contributed by atoms with E-state index < -0.39 is 0 Å². The Morgan fingerprint density at radius 3 is 1.23 bits per heavy atom. The van der Waals surface area contributed by atoms with Gasteiger partial charge in [0, 0.05) is 33.5 Å². The van der Waals surface area contributed by atoms with E-state index in [0.717, 1.165) is 24.2 Å². The molecule has 6 nitrogen and oxygen atoms in total. The molecule has 166 valence electrons. The molecule has 0 radical (unpaired) electrons. The Balaban J connectivity index is 1.62. The first-order valence-corrected chi connectivity index (χ1v) is 10.9. The fourth-order valence-electron chi connectivity index (χ4n) is 5.49. The molecule has 0 bridgehead atoms. The van der Waals surface area contributed by atoms with Crippen molar-refractivity contribution >= 4 is 23.2 Å². The second kappa shape index (κ2) is 7.34. The highest BCUT2D eigenvalue weighted by atomic mass is 16.2. The van der Waals surface area contributed by atoms with Crippen LogP contribution in [0.1, 0.15) is 68.2 Å². The molecule has 2 aliphatic heterocycles. The van der Waals surface area contributed by atoms with Gasteiger partial charge in [0.1, 0.15) is 0 Å². The largest absolute Gasteiger partial charge is 0.326 e. The highest BCUT2D eigenvalue weighted by Crippen LogP contribution is 2.37. The van der Waals surface area contributed by atoms with E-state index in [4.69, 9.17) is 0 Å². The molecule has 1 aromatic carbocycles. The molecule has 3 rings (SSSR count). The molecule has 2 aliphatic rings. The summed E-state index contributed by atoms with van der Waals surface area (Å²) in [5, 5.41) is 13.2. The SMILES string of the molecule is CC1(C)CC(C(=O)Nc2ccc(NC(=O)C3CC(C)(C)NC3(C)C)cc2)C(C)(C)N1. The van der Waals surface area contributed by atoms with Crippen molar-refractivity contribution in [3.8, 4) is 0 Å². The number of nitrogens with one attached hydrogen (secondary N) is 4. The minimum Gasteiger partial charge on any atom is -0.326 e. The normalized spacial score (nSPS) is 28.1. The van der Waals surface area contributed by atoms with Crippen molar-refractivity contribution in [2.24, 2.45) is 11.8 Å². The van der Waals surface area contributed by atoms with Crippen molar-refractivity contribution in [1.82, 2.24) is 10.6 Å². The number of carbonyl (C=O) groups is 2. The number of benzene rings is 1. The molecule has 0 saturated carbocycles. The van der Waals surface area contributed by atoms with E-state index in [1.54, 1.807) is 0 Å². The Hall–Kier alpha value is -1.92. The highest BCUT2D eigenvalue weighted by Gasteiger charge is 2.48. The third-order valence-electron chi connectivity index (χ3n) is 6.55. The van der Waals surface area contributed by atoms with Gasteiger partial charge in [-0.2, -0.15) is 0 Å². The van der Waals surface area contributed by atoms with Gasteiger partial charge in [-0.1, -0.05) is 0 Å². The summed E-state index contributed by atoms with van der Waals surface area (Å²) in [6.45, 7) is 16.8. The fourth-order valence-corrected chi connectivity index (χ4v) is 5.49. The monoisotopic (exact) mass is 414 g/mol. The number of carbonyl (C=O) groups excluding carboxylic acids is 2. The van der Waals surface area contributed by atoms with Gasteiger partial charge in [0.25, 0.3) is 0 Å². The Kier molecular flexibility index (Phi) is 5.57. The van der Waals surface area contributed by atoms with E-state index >= 15 is 0 Å². The first kappa shape index (κ1) is 22.8. The first-order chi connectivity index (χ1) is 13.6. The molecule has 0 aliphatic carbocycles. The van der Waals surface area contributed by atoms with Gasteiger partial charge in [-0.15, -0.1) is 0 Å². The molecule has 1 aromatic rings. The molecule has 4 N–H and O–H groups in total. The predicted octanol–water partition coefficient (Wildman–Crippen LogP) is 3.90. The van der Waals surface area contributed by atoms with Crippen LogP contribution in [0.4, 0.5) is 11.4 Å². The van der Waals surface area contributed by atoms with Gasteiger partial charge < -0.3 is 21.3 Å². The standard InChI is InChI=1S/C24H38N4O2/c1-21(2)13-17(23(5,6)27-21)19(29)25-15-9-11-16(12-10-15)26-20(30)18-14-22(3,4)28-24(18,7)8/h9-12,17-18,27-28H,13-14H2,1-8H3,(H,25,29)(H,26,30). The average Bonchev–Trinajstić information content (AvgIpc) is 2.94. The van der Waals surface area contributed by atoms with Crippen molar-refractivity contribution < 1.29 is 9.59 Å². The van der Waals surface area contributed by atoms with Crippen LogP contribution in [0.2, 0.25) is 0 Å². The molecule has 6 heteroatoms. The third kappa shape index (κ3) is 4.86. The van der Waals surface area contributed by atoms with E-state index in [0.29, 0.717) is 0 Å². The van der Waals surface area contributed by atoms with Crippen molar-refractivity contribution in [2.45, 2.75) is 90.4 Å². The van der Waals surface area contributed by atoms with E-state index in [9.17, 15) is 9.59 Å². The lowest BCUT2D eigenvalue weighted by Crippen LogP contribution is -2.47. The van der Waals surface area contributed by atoms with E-state index in [-0.39, 0.29) is 45.8 Å². The van der Waals surface area contributed by atoms with Crippen LogP contribution in [0, 0.1) is 11.8 Å². The maximum absolute atomic E-state index is 12.9. The van der Waals surface area contributed by atoms with E-state index in [1.807, 2.05) is 24.3 Å². The summed E-state index contributed by atoms with van der Waals surface area (Å²) in [7, 11) is 0. The molecule has 2 fully saturated rings. The Morgan fingerprint density at radius 2 is 1.00 bits per heavy atom. The van der Waals surface area contributed by atoms with Gasteiger partial charge in [0.2, 0.25) is 11.8 Å². The molecule has 0 aromatic heterocycles. The summed E-state index contributed by atoms with van der Waals surface area (Å²) in [4.78, 5) is 25.7. The first-order valence-electron chi connectivity index (χ1n) is 10.9. The molecule has 0 spiro atoms. The second-order valence-electron chi connectivity index (χ2n) is 11.5. The lowest BCUT2D eigenvalue weighted by molar-refractivity contribution is -0.122. The average molecular weight is 415 g/mol. The Morgan fingerprint density at radius 1 is 0.700 bits per heavy atom. The number of rotatable bonds is 4. The van der Waals surface area contributed by atoms with Crippen molar-refractivity contribution in [3.63, 3.8) is 0 Å². The quantitative estimate of drug-likeness (QED) is 0.602. The van der Waals surface area contributed by atoms with E-state index in [1.165, 1.54) is 0 Å². The molecule has 2 saturated heterocycles. The number of anilines is 2. The zero-order valence-electron chi connectivity index (χ0n) is 19.7. The Labute approximate surface area is 181 Å². The summed E-state index contributed by atoms with van der Waals surface area (Å²) in [5.41, 5.74) is 0.855. The summed E-state index contributed by atoms with van der Waals surface area (Å²) < 4.78 is 0. The lowest BCUT2D eigenvalue weighted by Gasteiger charge is -2.28. The molecule has 2 atom stereocenters. The van der Waals surface area contributed by atoms with Crippen molar-refractivity contribution in [1.29, 1.82) is 0 Å². The topological polar surface area (TPSA) is 82.3 Å². The number of amides is 2. The smallest absolute Gasteiger partial charge is 0.229 e. The minimum absolute atomic E-state index is 0.0240. The van der Waals surface area contributed by atoms with Gasteiger partial charge in [0.05, 0.1) is 11.8 Å². The summed E-state index contributed by atoms with van der Waals surface area (Å²) in [6, 6.07) is 7.37. The third-order valence-corrected chi connectivity index (χ3v) is 6.55. The second-order valence-corrected chi connectivity index (χ2v) is 11.5. The predicted molar refractivity (Wildman–Crippen MR) is 123 cm³/mol. The van der Waals surface area contributed by atoms with Gasteiger partial charge in [0.15, 0.2) is 0 Å².